The number of rotatable bonds is 4. The SMILES string of the molecule is O=S(=O)(c1ccccc1NCc1ccc2c(c1)OCCCO2)C(F)(F)F. The molecule has 1 heterocycles. The highest BCUT2D eigenvalue weighted by Gasteiger charge is 2.47. The molecule has 5 nitrogen and oxygen atoms in total. The van der Waals surface area contributed by atoms with Gasteiger partial charge in [0.2, 0.25) is 0 Å². The van der Waals surface area contributed by atoms with Crippen LogP contribution >= 0.6 is 0 Å². The predicted molar refractivity (Wildman–Crippen MR) is 89.1 cm³/mol. The van der Waals surface area contributed by atoms with Crippen LogP contribution in [0.5, 0.6) is 11.5 Å². The Labute approximate surface area is 148 Å². The quantitative estimate of drug-likeness (QED) is 0.866. The third kappa shape index (κ3) is 3.72. The molecular formula is C17H16F3NO4S. The van der Waals surface area contributed by atoms with Crippen LogP contribution in [0.2, 0.25) is 0 Å². The summed E-state index contributed by atoms with van der Waals surface area (Å²) in [4.78, 5) is -0.804. The van der Waals surface area contributed by atoms with E-state index in [-0.39, 0.29) is 12.2 Å². The molecule has 9 heteroatoms. The maximum absolute atomic E-state index is 12.8. The van der Waals surface area contributed by atoms with Gasteiger partial charge in [0, 0.05) is 13.0 Å². The largest absolute Gasteiger partial charge is 0.501 e. The molecule has 3 rings (SSSR count). The molecule has 0 aromatic heterocycles. The van der Waals surface area contributed by atoms with Gasteiger partial charge in [-0.15, -0.1) is 0 Å². The molecule has 0 radical (unpaired) electrons. The lowest BCUT2D eigenvalue weighted by Gasteiger charge is -2.15. The van der Waals surface area contributed by atoms with Crippen LogP contribution in [-0.4, -0.2) is 27.1 Å². The minimum absolute atomic E-state index is 0.114. The van der Waals surface area contributed by atoms with E-state index in [1.807, 2.05) is 0 Å². The van der Waals surface area contributed by atoms with Gasteiger partial charge in [-0.2, -0.15) is 13.2 Å². The lowest BCUT2D eigenvalue weighted by atomic mass is 10.2. The van der Waals surface area contributed by atoms with Crippen molar-refractivity contribution in [1.29, 1.82) is 0 Å². The highest BCUT2D eigenvalue weighted by Crippen LogP contribution is 2.35. The number of alkyl halides is 3. The predicted octanol–water partition coefficient (Wildman–Crippen LogP) is 3.75. The maximum Gasteiger partial charge on any atom is 0.501 e. The normalized spacial score (nSPS) is 14.6. The standard InChI is InChI=1S/C17H16F3NO4S/c18-17(19,20)26(22,23)16-5-2-1-4-13(16)21-11-12-6-7-14-15(10-12)25-9-3-8-24-14/h1-2,4-7,10,21H,3,8-9,11H2. The summed E-state index contributed by atoms with van der Waals surface area (Å²) >= 11 is 0. The number of ether oxygens (including phenoxy) is 2. The van der Waals surface area contributed by atoms with Crippen molar-refractivity contribution in [2.75, 3.05) is 18.5 Å². The lowest BCUT2D eigenvalue weighted by molar-refractivity contribution is -0.0435. The highest BCUT2D eigenvalue weighted by molar-refractivity contribution is 7.92. The van der Waals surface area contributed by atoms with E-state index in [9.17, 15) is 21.6 Å². The topological polar surface area (TPSA) is 64.6 Å². The Bertz CT molecular complexity index is 897. The number of halogens is 3. The molecule has 140 valence electrons. The first kappa shape index (κ1) is 18.4. The second-order valence-electron chi connectivity index (χ2n) is 5.63. The first-order chi connectivity index (χ1) is 12.3. The van der Waals surface area contributed by atoms with Crippen LogP contribution in [0.25, 0.3) is 0 Å². The van der Waals surface area contributed by atoms with E-state index in [1.54, 1.807) is 18.2 Å². The number of sulfone groups is 1. The van der Waals surface area contributed by atoms with Gasteiger partial charge in [0.25, 0.3) is 9.84 Å². The fraction of sp³-hybridized carbons (Fsp3) is 0.294. The molecule has 1 N–H and O–H groups in total. The Kier molecular flexibility index (Phi) is 4.99. The van der Waals surface area contributed by atoms with Crippen molar-refractivity contribution in [2.24, 2.45) is 0 Å². The van der Waals surface area contributed by atoms with E-state index in [0.717, 1.165) is 12.5 Å². The van der Waals surface area contributed by atoms with Crippen LogP contribution < -0.4 is 14.8 Å². The Morgan fingerprint density at radius 1 is 1.00 bits per heavy atom. The fourth-order valence-electron chi connectivity index (χ4n) is 2.49. The molecule has 0 fully saturated rings. The molecule has 2 aromatic rings. The summed E-state index contributed by atoms with van der Waals surface area (Å²) in [7, 11) is -5.44. The summed E-state index contributed by atoms with van der Waals surface area (Å²) in [5.74, 6) is 1.16. The van der Waals surface area contributed by atoms with E-state index in [1.165, 1.54) is 18.2 Å². The first-order valence-electron chi connectivity index (χ1n) is 7.82. The Hall–Kier alpha value is -2.42. The second-order valence-corrected chi connectivity index (χ2v) is 7.54. The van der Waals surface area contributed by atoms with E-state index in [4.69, 9.17) is 9.47 Å². The minimum atomic E-state index is -5.44. The third-order valence-corrected chi connectivity index (χ3v) is 5.32. The molecule has 1 aliphatic rings. The van der Waals surface area contributed by atoms with Gasteiger partial charge in [0.05, 0.1) is 23.8 Å². The molecule has 0 bridgehead atoms. The second kappa shape index (κ2) is 7.06. The summed E-state index contributed by atoms with van der Waals surface area (Å²) in [5, 5.41) is 2.75. The molecule has 0 atom stereocenters. The number of hydrogen-bond donors (Lipinski definition) is 1. The number of para-hydroxylation sites is 1. The average Bonchev–Trinajstić information content (AvgIpc) is 2.84. The van der Waals surface area contributed by atoms with Crippen molar-refractivity contribution in [1.82, 2.24) is 0 Å². The van der Waals surface area contributed by atoms with Crippen molar-refractivity contribution in [3.05, 3.63) is 48.0 Å². The summed E-state index contributed by atoms with van der Waals surface area (Å²) in [6, 6.07) is 10.1. The lowest BCUT2D eigenvalue weighted by Crippen LogP contribution is -2.24. The Balaban J connectivity index is 1.82. The van der Waals surface area contributed by atoms with Gasteiger partial charge in [-0.1, -0.05) is 18.2 Å². The average molecular weight is 387 g/mol. The van der Waals surface area contributed by atoms with Gasteiger partial charge in [-0.05, 0) is 29.8 Å². The van der Waals surface area contributed by atoms with Crippen molar-refractivity contribution in [3.8, 4) is 11.5 Å². The molecule has 0 saturated heterocycles. The molecule has 2 aromatic carbocycles. The molecule has 0 saturated carbocycles. The number of fused-ring (bicyclic) bond motifs is 1. The number of anilines is 1. The smallest absolute Gasteiger partial charge is 0.490 e. The van der Waals surface area contributed by atoms with Gasteiger partial charge in [0.15, 0.2) is 11.5 Å². The van der Waals surface area contributed by atoms with Crippen LogP contribution in [-0.2, 0) is 16.4 Å². The number of hydrogen-bond acceptors (Lipinski definition) is 5. The summed E-state index contributed by atoms with van der Waals surface area (Å²) < 4.78 is 73.0. The van der Waals surface area contributed by atoms with E-state index in [2.05, 4.69) is 5.32 Å². The highest BCUT2D eigenvalue weighted by atomic mass is 32.2. The zero-order chi connectivity index (χ0) is 18.8. The van der Waals surface area contributed by atoms with Gasteiger partial charge in [-0.25, -0.2) is 8.42 Å². The zero-order valence-corrected chi connectivity index (χ0v) is 14.4. The molecule has 0 aliphatic carbocycles. The van der Waals surface area contributed by atoms with Gasteiger partial charge >= 0.3 is 5.51 Å². The molecule has 26 heavy (non-hydrogen) atoms. The van der Waals surface area contributed by atoms with Crippen LogP contribution in [0.15, 0.2) is 47.4 Å². The Morgan fingerprint density at radius 3 is 2.42 bits per heavy atom. The molecular weight excluding hydrogens is 371 g/mol. The first-order valence-corrected chi connectivity index (χ1v) is 9.30. The van der Waals surface area contributed by atoms with E-state index >= 15 is 0 Å². The summed E-state index contributed by atoms with van der Waals surface area (Å²) in [6.07, 6.45) is 0.755. The van der Waals surface area contributed by atoms with Gasteiger partial charge < -0.3 is 14.8 Å². The van der Waals surface area contributed by atoms with E-state index in [0.29, 0.717) is 30.3 Å². The monoisotopic (exact) mass is 387 g/mol. The van der Waals surface area contributed by atoms with Crippen molar-refractivity contribution in [2.45, 2.75) is 23.4 Å². The van der Waals surface area contributed by atoms with Crippen LogP contribution in [0.4, 0.5) is 18.9 Å². The number of benzene rings is 2. The molecule has 0 amide bonds. The number of nitrogens with one attached hydrogen (secondary N) is 1. The maximum atomic E-state index is 12.8. The van der Waals surface area contributed by atoms with Crippen molar-refractivity contribution in [3.63, 3.8) is 0 Å². The third-order valence-electron chi connectivity index (χ3n) is 3.78. The van der Waals surface area contributed by atoms with Crippen LogP contribution in [0.1, 0.15) is 12.0 Å². The molecule has 1 aliphatic heterocycles. The Morgan fingerprint density at radius 2 is 1.69 bits per heavy atom. The van der Waals surface area contributed by atoms with Gasteiger partial charge in [-0.3, -0.25) is 0 Å². The van der Waals surface area contributed by atoms with Crippen molar-refractivity contribution < 1.29 is 31.1 Å². The minimum Gasteiger partial charge on any atom is -0.490 e. The van der Waals surface area contributed by atoms with Crippen molar-refractivity contribution >= 4 is 15.5 Å². The van der Waals surface area contributed by atoms with Crippen LogP contribution in [0, 0.1) is 0 Å². The molecule has 0 unspecified atom stereocenters. The van der Waals surface area contributed by atoms with Crippen LogP contribution in [0.3, 0.4) is 0 Å². The van der Waals surface area contributed by atoms with E-state index < -0.39 is 20.2 Å². The molecule has 0 spiro atoms. The van der Waals surface area contributed by atoms with Gasteiger partial charge in [0.1, 0.15) is 0 Å². The zero-order valence-electron chi connectivity index (χ0n) is 13.5. The summed E-state index contributed by atoms with van der Waals surface area (Å²) in [5.41, 5.74) is -4.76. The fourth-order valence-corrected chi connectivity index (χ4v) is 3.42. The summed E-state index contributed by atoms with van der Waals surface area (Å²) in [6.45, 7) is 1.19.